The molecule has 3 rings (SSSR count). The van der Waals surface area contributed by atoms with Crippen LogP contribution in [0.25, 0.3) is 11.1 Å². The first-order valence-corrected chi connectivity index (χ1v) is 10.1. The topological polar surface area (TPSA) is 55.8 Å². The molecule has 27 heavy (non-hydrogen) atoms. The molecule has 0 fully saturated rings. The van der Waals surface area contributed by atoms with Crippen LogP contribution in [0.5, 0.6) is 17.2 Å². The molecule has 0 saturated carbocycles. The molecule has 0 atom stereocenters. The molecule has 0 amide bonds. The van der Waals surface area contributed by atoms with Crippen molar-refractivity contribution in [1.82, 2.24) is 0 Å². The smallest absolute Gasteiger partial charge is 0.339 e. The quantitative estimate of drug-likeness (QED) is 0.309. The third kappa shape index (κ3) is 5.14. The van der Waals surface area contributed by atoms with Crippen molar-refractivity contribution < 1.29 is 19.4 Å². The van der Waals surface area contributed by atoms with Gasteiger partial charge in [-0.05, 0) is 59.7 Å². The Kier molecular flexibility index (Phi) is 6.58. The van der Waals surface area contributed by atoms with E-state index in [-0.39, 0.29) is 11.3 Å². The van der Waals surface area contributed by atoms with E-state index in [4.69, 9.17) is 21.1 Å². The number of aromatic carboxylic acids is 1. The number of rotatable bonds is 7. The Bertz CT molecular complexity index is 924. The van der Waals surface area contributed by atoms with E-state index in [1.807, 2.05) is 24.3 Å². The van der Waals surface area contributed by atoms with Gasteiger partial charge >= 0.3 is 5.97 Å². The molecule has 0 aliphatic rings. The van der Waals surface area contributed by atoms with E-state index in [0.29, 0.717) is 17.4 Å². The fourth-order valence-electron chi connectivity index (χ4n) is 2.49. The molecule has 0 aliphatic heterocycles. The maximum absolute atomic E-state index is 11.5. The first kappa shape index (κ1) is 19.5. The molecule has 0 heterocycles. The van der Waals surface area contributed by atoms with E-state index in [1.165, 1.54) is 0 Å². The number of hydrogen-bond donors (Lipinski definition) is 1. The minimum atomic E-state index is -1.05. The van der Waals surface area contributed by atoms with Crippen LogP contribution in [0.4, 0.5) is 0 Å². The Morgan fingerprint density at radius 3 is 2.19 bits per heavy atom. The summed E-state index contributed by atoms with van der Waals surface area (Å²) in [7, 11) is 0. The lowest BCUT2D eigenvalue weighted by Crippen LogP contribution is -2.00. The van der Waals surface area contributed by atoms with Crippen LogP contribution in [0, 0.1) is 0 Å². The van der Waals surface area contributed by atoms with E-state index in [1.54, 1.807) is 42.5 Å². The van der Waals surface area contributed by atoms with Gasteiger partial charge in [0.05, 0.1) is 6.61 Å². The zero-order chi connectivity index (χ0) is 19.2. The van der Waals surface area contributed by atoms with E-state index in [2.05, 4.69) is 22.6 Å². The normalized spacial score (nSPS) is 10.4. The van der Waals surface area contributed by atoms with Gasteiger partial charge in [0, 0.05) is 9.45 Å². The highest BCUT2D eigenvalue weighted by Gasteiger charge is 2.14. The first-order chi connectivity index (χ1) is 13.1. The molecule has 4 nitrogen and oxygen atoms in total. The highest BCUT2D eigenvalue weighted by molar-refractivity contribution is 14.1. The van der Waals surface area contributed by atoms with Crippen molar-refractivity contribution in [3.63, 3.8) is 0 Å². The minimum Gasteiger partial charge on any atom is -0.493 e. The van der Waals surface area contributed by atoms with Gasteiger partial charge in [-0.3, -0.25) is 0 Å². The number of hydrogen-bond acceptors (Lipinski definition) is 3. The van der Waals surface area contributed by atoms with Gasteiger partial charge in [-0.1, -0.05) is 52.4 Å². The number of carboxylic acids is 1. The zero-order valence-corrected chi connectivity index (χ0v) is 17.1. The fraction of sp³-hybridized carbons (Fsp3) is 0.0952. The highest BCUT2D eigenvalue weighted by atomic mass is 127. The summed E-state index contributed by atoms with van der Waals surface area (Å²) in [6, 6.07) is 19.5. The lowest BCUT2D eigenvalue weighted by atomic mass is 10.0. The molecule has 0 spiro atoms. The van der Waals surface area contributed by atoms with Crippen molar-refractivity contribution in [3.05, 3.63) is 77.3 Å². The van der Waals surface area contributed by atoms with Crippen LogP contribution < -0.4 is 9.47 Å². The van der Waals surface area contributed by atoms with Crippen LogP contribution >= 0.6 is 34.2 Å². The highest BCUT2D eigenvalue weighted by Crippen LogP contribution is 2.32. The van der Waals surface area contributed by atoms with Crippen LogP contribution in [-0.4, -0.2) is 22.1 Å². The second kappa shape index (κ2) is 9.10. The summed E-state index contributed by atoms with van der Waals surface area (Å²) in [6.07, 6.45) is 0. The first-order valence-electron chi connectivity index (χ1n) is 8.17. The van der Waals surface area contributed by atoms with Crippen LogP contribution in [0.15, 0.2) is 66.7 Å². The van der Waals surface area contributed by atoms with E-state index in [9.17, 15) is 9.90 Å². The summed E-state index contributed by atoms with van der Waals surface area (Å²) in [6.45, 7) is 0.659. The summed E-state index contributed by atoms with van der Waals surface area (Å²) in [5.41, 5.74) is 1.88. The minimum absolute atomic E-state index is 0.0932. The monoisotopic (exact) mass is 494 g/mol. The number of benzene rings is 3. The summed E-state index contributed by atoms with van der Waals surface area (Å²) in [5, 5.41) is 10.0. The molecule has 0 unspecified atom stereocenters. The van der Waals surface area contributed by atoms with Crippen LogP contribution in [-0.2, 0) is 0 Å². The van der Waals surface area contributed by atoms with Crippen molar-refractivity contribution in [2.75, 3.05) is 11.0 Å². The predicted octanol–water partition coefficient (Wildman–Crippen LogP) is 6.31. The van der Waals surface area contributed by atoms with Gasteiger partial charge < -0.3 is 14.6 Å². The Morgan fingerprint density at radius 1 is 0.926 bits per heavy atom. The molecule has 3 aromatic rings. The summed E-state index contributed by atoms with van der Waals surface area (Å²) in [5.74, 6) is 0.539. The molecule has 138 valence electrons. The molecule has 0 saturated heterocycles. The average molecular weight is 495 g/mol. The third-order valence-electron chi connectivity index (χ3n) is 3.79. The molecule has 3 aromatic carbocycles. The lowest BCUT2D eigenvalue weighted by molar-refractivity contribution is 0.0694. The Hall–Kier alpha value is -2.25. The maximum Gasteiger partial charge on any atom is 0.339 e. The molecule has 0 aliphatic carbocycles. The average Bonchev–Trinajstić information content (AvgIpc) is 2.68. The second-order valence-corrected chi connectivity index (χ2v) is 7.15. The van der Waals surface area contributed by atoms with E-state index < -0.39 is 5.97 Å². The Balaban J connectivity index is 1.90. The van der Waals surface area contributed by atoms with Gasteiger partial charge in [-0.15, -0.1) is 0 Å². The second-order valence-electron chi connectivity index (χ2n) is 5.63. The molecule has 1 N–H and O–H groups in total. The SMILES string of the molecule is O=C(O)c1ccc(-c2ccc(OCCI)cc2)cc1Oc1ccc(Cl)cc1. The molecular weight excluding hydrogens is 479 g/mol. The van der Waals surface area contributed by atoms with E-state index >= 15 is 0 Å². The fourth-order valence-corrected chi connectivity index (χ4v) is 2.84. The molecule has 0 aromatic heterocycles. The summed E-state index contributed by atoms with van der Waals surface area (Å²) in [4.78, 5) is 11.5. The zero-order valence-electron chi connectivity index (χ0n) is 14.2. The predicted molar refractivity (Wildman–Crippen MR) is 115 cm³/mol. The van der Waals surface area contributed by atoms with Gasteiger partial charge in [0.1, 0.15) is 22.8 Å². The van der Waals surface area contributed by atoms with Gasteiger partial charge in [0.15, 0.2) is 0 Å². The molecule has 0 bridgehead atoms. The summed E-state index contributed by atoms with van der Waals surface area (Å²) < 4.78 is 12.3. The molecule has 0 radical (unpaired) electrons. The summed E-state index contributed by atoms with van der Waals surface area (Å²) >= 11 is 8.14. The number of alkyl halides is 1. The van der Waals surface area contributed by atoms with Crippen LogP contribution in [0.1, 0.15) is 10.4 Å². The lowest BCUT2D eigenvalue weighted by Gasteiger charge is -2.12. The van der Waals surface area contributed by atoms with Gasteiger partial charge in [0.25, 0.3) is 0 Å². The molecule has 6 heteroatoms. The van der Waals surface area contributed by atoms with Crippen molar-refractivity contribution in [2.24, 2.45) is 0 Å². The Morgan fingerprint density at radius 2 is 1.56 bits per heavy atom. The largest absolute Gasteiger partial charge is 0.493 e. The van der Waals surface area contributed by atoms with E-state index in [0.717, 1.165) is 21.3 Å². The van der Waals surface area contributed by atoms with Crippen molar-refractivity contribution in [2.45, 2.75) is 0 Å². The number of halogens is 2. The maximum atomic E-state index is 11.5. The van der Waals surface area contributed by atoms with Crippen molar-refractivity contribution >= 4 is 40.2 Å². The van der Waals surface area contributed by atoms with Crippen molar-refractivity contribution in [1.29, 1.82) is 0 Å². The standard InChI is InChI=1S/C21H16ClIO4/c22-16-4-8-18(9-5-16)27-20-13-15(3-10-19(20)21(24)25)14-1-6-17(7-2-14)26-12-11-23/h1-10,13H,11-12H2,(H,24,25). The Labute approximate surface area is 175 Å². The third-order valence-corrected chi connectivity index (χ3v) is 4.48. The number of carboxylic acid groups (broad SMARTS) is 1. The number of ether oxygens (including phenoxy) is 2. The van der Waals surface area contributed by atoms with Gasteiger partial charge in [-0.25, -0.2) is 4.79 Å². The number of carbonyl (C=O) groups is 1. The van der Waals surface area contributed by atoms with Crippen LogP contribution in [0.3, 0.4) is 0 Å². The van der Waals surface area contributed by atoms with Gasteiger partial charge in [0.2, 0.25) is 0 Å². The molecular formula is C21H16ClIO4. The van der Waals surface area contributed by atoms with Crippen LogP contribution in [0.2, 0.25) is 5.02 Å². The van der Waals surface area contributed by atoms with Crippen molar-refractivity contribution in [3.8, 4) is 28.4 Å². The van der Waals surface area contributed by atoms with Gasteiger partial charge in [-0.2, -0.15) is 0 Å².